The minimum absolute atomic E-state index is 0.415. The number of hydrogen-bond acceptors (Lipinski definition) is 2. The highest BCUT2D eigenvalue weighted by Gasteiger charge is 2.04. The summed E-state index contributed by atoms with van der Waals surface area (Å²) in [4.78, 5) is 4.22. The normalized spacial score (nSPS) is 13.0. The summed E-state index contributed by atoms with van der Waals surface area (Å²) in [6.45, 7) is 7.09. The molecule has 4 nitrogen and oxygen atoms in total. The summed E-state index contributed by atoms with van der Waals surface area (Å²) in [5.74, 6) is 1.72. The van der Waals surface area contributed by atoms with Crippen LogP contribution in [0.5, 0.6) is 5.75 Å². The van der Waals surface area contributed by atoms with Crippen LogP contribution in [0.15, 0.2) is 23.2 Å². The topological polar surface area (TPSA) is 45.7 Å². The number of ether oxygens (including phenoxy) is 1. The maximum Gasteiger partial charge on any atom is 0.191 e. The molecule has 4 heteroatoms. The van der Waals surface area contributed by atoms with Crippen LogP contribution in [0.25, 0.3) is 0 Å². The van der Waals surface area contributed by atoms with Crippen LogP contribution in [-0.2, 0) is 6.54 Å². The molecule has 106 valence electrons. The first kappa shape index (κ1) is 15.3. The number of benzene rings is 1. The van der Waals surface area contributed by atoms with Gasteiger partial charge >= 0.3 is 0 Å². The molecule has 1 atom stereocenters. The van der Waals surface area contributed by atoms with E-state index in [1.807, 2.05) is 12.1 Å². The van der Waals surface area contributed by atoms with Crippen molar-refractivity contribution in [2.45, 2.75) is 39.8 Å². The molecule has 0 bridgehead atoms. The Morgan fingerprint density at radius 2 is 2.11 bits per heavy atom. The lowest BCUT2D eigenvalue weighted by atomic mass is 10.1. The molecule has 1 rings (SSSR count). The minimum Gasteiger partial charge on any atom is -0.497 e. The molecule has 1 aromatic carbocycles. The number of nitrogens with zero attached hydrogens (tertiary/aromatic N) is 1. The van der Waals surface area contributed by atoms with E-state index in [0.29, 0.717) is 6.04 Å². The zero-order valence-corrected chi connectivity index (χ0v) is 12.6. The Balaban J connectivity index is 2.62. The Hall–Kier alpha value is -1.71. The standard InChI is InChI=1S/C15H25N3O/c1-6-12(3)18-15(16-4)17-10-13-7-11(2)8-14(9-13)19-5/h7-9,12H,6,10H2,1-5H3,(H2,16,17,18). The van der Waals surface area contributed by atoms with Gasteiger partial charge in [0.1, 0.15) is 5.75 Å². The molecule has 1 aromatic rings. The van der Waals surface area contributed by atoms with Gasteiger partial charge in [0.2, 0.25) is 0 Å². The Morgan fingerprint density at radius 1 is 1.37 bits per heavy atom. The third-order valence-corrected chi connectivity index (χ3v) is 3.03. The van der Waals surface area contributed by atoms with Gasteiger partial charge in [0.05, 0.1) is 7.11 Å². The van der Waals surface area contributed by atoms with E-state index in [-0.39, 0.29) is 0 Å². The molecule has 2 N–H and O–H groups in total. The van der Waals surface area contributed by atoms with Crippen LogP contribution in [0.3, 0.4) is 0 Å². The van der Waals surface area contributed by atoms with Crippen LogP contribution < -0.4 is 15.4 Å². The Labute approximate surface area is 116 Å². The van der Waals surface area contributed by atoms with Crippen molar-refractivity contribution in [1.29, 1.82) is 0 Å². The molecule has 0 aliphatic heterocycles. The summed E-state index contributed by atoms with van der Waals surface area (Å²) in [5.41, 5.74) is 2.38. The fraction of sp³-hybridized carbons (Fsp3) is 0.533. The number of aryl methyl sites for hydroxylation is 1. The Morgan fingerprint density at radius 3 is 2.68 bits per heavy atom. The average Bonchev–Trinajstić information content (AvgIpc) is 2.42. The van der Waals surface area contributed by atoms with Gasteiger partial charge in [-0.25, -0.2) is 0 Å². The zero-order valence-electron chi connectivity index (χ0n) is 12.6. The summed E-state index contributed by atoms with van der Waals surface area (Å²) in [6.07, 6.45) is 1.07. The maximum atomic E-state index is 5.28. The maximum absolute atomic E-state index is 5.28. The summed E-state index contributed by atoms with van der Waals surface area (Å²) in [7, 11) is 3.48. The first-order chi connectivity index (χ1) is 9.08. The monoisotopic (exact) mass is 263 g/mol. The van der Waals surface area contributed by atoms with E-state index in [2.05, 4.69) is 42.5 Å². The molecule has 19 heavy (non-hydrogen) atoms. The first-order valence-corrected chi connectivity index (χ1v) is 6.70. The van der Waals surface area contributed by atoms with Gasteiger partial charge in [-0.05, 0) is 43.5 Å². The summed E-state index contributed by atoms with van der Waals surface area (Å²) < 4.78 is 5.28. The van der Waals surface area contributed by atoms with E-state index in [0.717, 1.165) is 24.7 Å². The largest absolute Gasteiger partial charge is 0.497 e. The summed E-state index contributed by atoms with van der Waals surface area (Å²) >= 11 is 0. The van der Waals surface area contributed by atoms with Crippen LogP contribution in [0.2, 0.25) is 0 Å². The number of nitrogens with one attached hydrogen (secondary N) is 2. The van der Waals surface area contributed by atoms with Gasteiger partial charge in [-0.15, -0.1) is 0 Å². The van der Waals surface area contributed by atoms with Gasteiger partial charge < -0.3 is 15.4 Å². The van der Waals surface area contributed by atoms with Crippen LogP contribution in [-0.4, -0.2) is 26.2 Å². The lowest BCUT2D eigenvalue weighted by Crippen LogP contribution is -2.41. The molecular weight excluding hydrogens is 238 g/mol. The second-order valence-corrected chi connectivity index (χ2v) is 4.74. The predicted molar refractivity (Wildman–Crippen MR) is 80.8 cm³/mol. The van der Waals surface area contributed by atoms with Gasteiger partial charge in [0, 0.05) is 19.6 Å². The van der Waals surface area contributed by atoms with Gasteiger partial charge in [-0.3, -0.25) is 4.99 Å². The van der Waals surface area contributed by atoms with Gasteiger partial charge in [0.25, 0.3) is 0 Å². The Bertz CT molecular complexity index is 429. The van der Waals surface area contributed by atoms with E-state index in [1.54, 1.807) is 14.2 Å². The van der Waals surface area contributed by atoms with Crippen molar-refractivity contribution in [2.75, 3.05) is 14.2 Å². The van der Waals surface area contributed by atoms with Crippen molar-refractivity contribution in [3.63, 3.8) is 0 Å². The molecule has 0 aliphatic carbocycles. The van der Waals surface area contributed by atoms with Gasteiger partial charge in [-0.1, -0.05) is 13.0 Å². The molecule has 0 aromatic heterocycles. The molecule has 0 saturated heterocycles. The van der Waals surface area contributed by atoms with Crippen molar-refractivity contribution in [3.05, 3.63) is 29.3 Å². The fourth-order valence-corrected chi connectivity index (χ4v) is 1.76. The average molecular weight is 263 g/mol. The highest BCUT2D eigenvalue weighted by Crippen LogP contribution is 2.16. The SMILES string of the molecule is CCC(C)NC(=NC)NCc1cc(C)cc(OC)c1. The molecule has 0 spiro atoms. The van der Waals surface area contributed by atoms with E-state index in [1.165, 1.54) is 11.1 Å². The minimum atomic E-state index is 0.415. The van der Waals surface area contributed by atoms with Crippen molar-refractivity contribution < 1.29 is 4.74 Å². The van der Waals surface area contributed by atoms with E-state index < -0.39 is 0 Å². The lowest BCUT2D eigenvalue weighted by molar-refractivity contribution is 0.414. The highest BCUT2D eigenvalue weighted by molar-refractivity contribution is 5.79. The van der Waals surface area contributed by atoms with E-state index in [4.69, 9.17) is 4.74 Å². The molecule has 0 fully saturated rings. The molecule has 0 radical (unpaired) electrons. The smallest absolute Gasteiger partial charge is 0.191 e. The summed E-state index contributed by atoms with van der Waals surface area (Å²) in [5, 5.41) is 6.65. The van der Waals surface area contributed by atoms with Crippen LogP contribution in [0, 0.1) is 6.92 Å². The lowest BCUT2D eigenvalue weighted by Gasteiger charge is -2.16. The van der Waals surface area contributed by atoms with Crippen molar-refractivity contribution in [2.24, 2.45) is 4.99 Å². The quantitative estimate of drug-likeness (QED) is 0.633. The molecule has 1 unspecified atom stereocenters. The summed E-state index contributed by atoms with van der Waals surface area (Å²) in [6, 6.07) is 6.62. The molecular formula is C15H25N3O. The highest BCUT2D eigenvalue weighted by atomic mass is 16.5. The number of hydrogen-bond donors (Lipinski definition) is 2. The van der Waals surface area contributed by atoms with E-state index >= 15 is 0 Å². The Kier molecular flexibility index (Phi) is 6.19. The predicted octanol–water partition coefficient (Wildman–Crippen LogP) is 2.47. The number of guanidine groups is 1. The first-order valence-electron chi connectivity index (χ1n) is 6.70. The molecule has 0 saturated carbocycles. The van der Waals surface area contributed by atoms with E-state index in [9.17, 15) is 0 Å². The van der Waals surface area contributed by atoms with Crippen molar-refractivity contribution in [1.82, 2.24) is 10.6 Å². The molecule has 0 aliphatic rings. The molecule has 0 amide bonds. The van der Waals surface area contributed by atoms with Crippen LogP contribution in [0.4, 0.5) is 0 Å². The number of aliphatic imine (C=N–C) groups is 1. The van der Waals surface area contributed by atoms with Crippen LogP contribution >= 0.6 is 0 Å². The van der Waals surface area contributed by atoms with Crippen molar-refractivity contribution >= 4 is 5.96 Å². The molecule has 0 heterocycles. The van der Waals surface area contributed by atoms with Gasteiger partial charge in [0.15, 0.2) is 5.96 Å². The number of methoxy groups -OCH3 is 1. The third-order valence-electron chi connectivity index (χ3n) is 3.03. The zero-order chi connectivity index (χ0) is 14.3. The van der Waals surface area contributed by atoms with Crippen molar-refractivity contribution in [3.8, 4) is 5.75 Å². The second kappa shape index (κ2) is 7.67. The third kappa shape index (κ3) is 5.20. The fourth-order valence-electron chi connectivity index (χ4n) is 1.76. The number of rotatable bonds is 5. The van der Waals surface area contributed by atoms with Crippen LogP contribution in [0.1, 0.15) is 31.4 Å². The van der Waals surface area contributed by atoms with Gasteiger partial charge in [-0.2, -0.15) is 0 Å². The second-order valence-electron chi connectivity index (χ2n) is 4.74.